The largest absolute Gasteiger partial charge is 0.354 e. The predicted molar refractivity (Wildman–Crippen MR) is 79.2 cm³/mol. The summed E-state index contributed by atoms with van der Waals surface area (Å²) in [5, 5.41) is 0. The second-order valence-corrected chi connectivity index (χ2v) is 5.41. The molecule has 0 unspecified atom stereocenters. The summed E-state index contributed by atoms with van der Waals surface area (Å²) in [6.45, 7) is 5.60. The molecule has 1 saturated heterocycles. The standard InChI is InChI=1S/C15H21N3O3/c1-4-5-17-6-7-18(10-14(17)20)15(21)12-9-16(3)11(2)8-13(12)19/h8-9H,4-7,10H2,1-3H3. The first kappa shape index (κ1) is 15.3. The zero-order valence-corrected chi connectivity index (χ0v) is 12.8. The van der Waals surface area contributed by atoms with Crippen molar-refractivity contribution in [2.45, 2.75) is 20.3 Å². The molecule has 114 valence electrons. The lowest BCUT2D eigenvalue weighted by molar-refractivity contribution is -0.135. The molecule has 1 aromatic rings. The zero-order chi connectivity index (χ0) is 15.6. The van der Waals surface area contributed by atoms with E-state index in [4.69, 9.17) is 0 Å². The van der Waals surface area contributed by atoms with Crippen molar-refractivity contribution < 1.29 is 9.59 Å². The van der Waals surface area contributed by atoms with Gasteiger partial charge in [0.25, 0.3) is 5.91 Å². The van der Waals surface area contributed by atoms with Crippen LogP contribution < -0.4 is 5.43 Å². The summed E-state index contributed by atoms with van der Waals surface area (Å²) in [7, 11) is 1.79. The van der Waals surface area contributed by atoms with Crippen molar-refractivity contribution in [3.05, 3.63) is 33.7 Å². The summed E-state index contributed by atoms with van der Waals surface area (Å²) < 4.78 is 1.74. The number of rotatable bonds is 3. The van der Waals surface area contributed by atoms with E-state index in [2.05, 4.69) is 0 Å². The van der Waals surface area contributed by atoms with E-state index in [0.29, 0.717) is 19.6 Å². The maximum atomic E-state index is 12.4. The highest BCUT2D eigenvalue weighted by Crippen LogP contribution is 2.08. The number of carbonyl (C=O) groups excluding carboxylic acids is 2. The number of pyridine rings is 1. The van der Waals surface area contributed by atoms with Crippen LogP contribution in [0.4, 0.5) is 0 Å². The van der Waals surface area contributed by atoms with Crippen LogP contribution >= 0.6 is 0 Å². The van der Waals surface area contributed by atoms with Crippen LogP contribution in [0.5, 0.6) is 0 Å². The van der Waals surface area contributed by atoms with Crippen LogP contribution in [-0.2, 0) is 11.8 Å². The van der Waals surface area contributed by atoms with Gasteiger partial charge in [0, 0.05) is 44.6 Å². The summed E-state index contributed by atoms with van der Waals surface area (Å²) in [5.74, 6) is -0.416. The van der Waals surface area contributed by atoms with Gasteiger partial charge >= 0.3 is 0 Å². The smallest absolute Gasteiger partial charge is 0.259 e. The van der Waals surface area contributed by atoms with E-state index in [1.54, 1.807) is 22.7 Å². The van der Waals surface area contributed by atoms with Gasteiger partial charge in [0.15, 0.2) is 5.43 Å². The van der Waals surface area contributed by atoms with Crippen molar-refractivity contribution in [3.63, 3.8) is 0 Å². The van der Waals surface area contributed by atoms with Crippen molar-refractivity contribution in [1.29, 1.82) is 0 Å². The molecule has 0 N–H and O–H groups in total. The lowest BCUT2D eigenvalue weighted by Gasteiger charge is -2.34. The zero-order valence-electron chi connectivity index (χ0n) is 12.8. The van der Waals surface area contributed by atoms with Crippen molar-refractivity contribution in [1.82, 2.24) is 14.4 Å². The summed E-state index contributed by atoms with van der Waals surface area (Å²) in [5.41, 5.74) is 0.624. The van der Waals surface area contributed by atoms with E-state index in [1.807, 2.05) is 13.8 Å². The third kappa shape index (κ3) is 3.15. The Morgan fingerprint density at radius 3 is 2.62 bits per heavy atom. The first-order chi connectivity index (χ1) is 9.93. The molecule has 0 radical (unpaired) electrons. The highest BCUT2D eigenvalue weighted by molar-refractivity contribution is 5.96. The summed E-state index contributed by atoms with van der Waals surface area (Å²) in [6.07, 6.45) is 2.45. The summed E-state index contributed by atoms with van der Waals surface area (Å²) in [6, 6.07) is 1.45. The highest BCUT2D eigenvalue weighted by Gasteiger charge is 2.28. The van der Waals surface area contributed by atoms with E-state index >= 15 is 0 Å². The van der Waals surface area contributed by atoms with Crippen LogP contribution in [-0.4, -0.2) is 52.4 Å². The molecule has 1 aliphatic rings. The van der Waals surface area contributed by atoms with Gasteiger partial charge in [0.05, 0.1) is 0 Å². The van der Waals surface area contributed by atoms with Crippen molar-refractivity contribution in [3.8, 4) is 0 Å². The van der Waals surface area contributed by atoms with Crippen LogP contribution in [0.25, 0.3) is 0 Å². The van der Waals surface area contributed by atoms with Crippen LogP contribution in [0.1, 0.15) is 29.4 Å². The maximum Gasteiger partial charge on any atom is 0.259 e. The third-order valence-electron chi connectivity index (χ3n) is 3.81. The molecule has 0 spiro atoms. The Bertz CT molecular complexity index is 621. The van der Waals surface area contributed by atoms with Crippen molar-refractivity contribution in [2.24, 2.45) is 7.05 Å². The molecule has 0 saturated carbocycles. The molecule has 2 amide bonds. The van der Waals surface area contributed by atoms with Gasteiger partial charge in [0.2, 0.25) is 5.91 Å². The van der Waals surface area contributed by atoms with E-state index in [-0.39, 0.29) is 29.4 Å². The quantitative estimate of drug-likeness (QED) is 0.809. The number of hydrogen-bond donors (Lipinski definition) is 0. The molecule has 21 heavy (non-hydrogen) atoms. The number of aryl methyl sites for hydroxylation is 2. The summed E-state index contributed by atoms with van der Waals surface area (Å²) >= 11 is 0. The molecule has 0 aromatic carbocycles. The minimum atomic E-state index is -0.361. The Morgan fingerprint density at radius 2 is 2.00 bits per heavy atom. The Morgan fingerprint density at radius 1 is 1.29 bits per heavy atom. The summed E-state index contributed by atoms with van der Waals surface area (Å²) in [4.78, 5) is 39.6. The van der Waals surface area contributed by atoms with Gasteiger partial charge < -0.3 is 14.4 Å². The number of aromatic nitrogens is 1. The topological polar surface area (TPSA) is 62.6 Å². The molecular weight excluding hydrogens is 270 g/mol. The molecule has 0 aliphatic carbocycles. The van der Waals surface area contributed by atoms with E-state index < -0.39 is 0 Å². The lowest BCUT2D eigenvalue weighted by atomic mass is 10.2. The Balaban J connectivity index is 2.17. The highest BCUT2D eigenvalue weighted by atomic mass is 16.2. The van der Waals surface area contributed by atoms with E-state index in [1.165, 1.54) is 11.0 Å². The van der Waals surface area contributed by atoms with Gasteiger partial charge in [-0.15, -0.1) is 0 Å². The normalized spacial score (nSPS) is 15.5. The number of amides is 2. The molecule has 2 heterocycles. The Hall–Kier alpha value is -2.11. The molecular formula is C15H21N3O3. The number of carbonyl (C=O) groups is 2. The van der Waals surface area contributed by atoms with Crippen molar-refractivity contribution in [2.75, 3.05) is 26.2 Å². The SMILES string of the molecule is CCCN1CCN(C(=O)c2cn(C)c(C)cc2=O)CC1=O. The third-order valence-corrected chi connectivity index (χ3v) is 3.81. The Labute approximate surface area is 124 Å². The maximum absolute atomic E-state index is 12.4. The average Bonchev–Trinajstić information content (AvgIpc) is 2.44. The monoisotopic (exact) mass is 291 g/mol. The molecule has 1 aliphatic heterocycles. The fourth-order valence-electron chi connectivity index (χ4n) is 2.45. The van der Waals surface area contributed by atoms with Crippen LogP contribution in [0, 0.1) is 6.92 Å². The van der Waals surface area contributed by atoms with Gasteiger partial charge in [-0.25, -0.2) is 0 Å². The Kier molecular flexibility index (Phi) is 4.45. The van der Waals surface area contributed by atoms with Crippen LogP contribution in [0.3, 0.4) is 0 Å². The fourth-order valence-corrected chi connectivity index (χ4v) is 2.45. The van der Waals surface area contributed by atoms with E-state index in [0.717, 1.165) is 12.1 Å². The average molecular weight is 291 g/mol. The molecule has 0 atom stereocenters. The lowest BCUT2D eigenvalue weighted by Crippen LogP contribution is -2.52. The van der Waals surface area contributed by atoms with Gasteiger partial charge in [-0.1, -0.05) is 6.92 Å². The number of nitrogens with zero attached hydrogens (tertiary/aromatic N) is 3. The molecule has 6 nitrogen and oxygen atoms in total. The predicted octanol–water partition coefficient (Wildman–Crippen LogP) is 0.388. The van der Waals surface area contributed by atoms with Gasteiger partial charge in [-0.2, -0.15) is 0 Å². The molecule has 1 fully saturated rings. The molecule has 0 bridgehead atoms. The minimum absolute atomic E-state index is 0.0515. The van der Waals surface area contributed by atoms with Gasteiger partial charge in [-0.3, -0.25) is 14.4 Å². The van der Waals surface area contributed by atoms with Gasteiger partial charge in [-0.05, 0) is 13.3 Å². The number of piperazine rings is 1. The first-order valence-electron chi connectivity index (χ1n) is 7.18. The molecule has 2 rings (SSSR count). The minimum Gasteiger partial charge on any atom is -0.354 e. The van der Waals surface area contributed by atoms with E-state index in [9.17, 15) is 14.4 Å². The molecule has 6 heteroatoms. The van der Waals surface area contributed by atoms with Crippen LogP contribution in [0.15, 0.2) is 17.1 Å². The van der Waals surface area contributed by atoms with Crippen molar-refractivity contribution >= 4 is 11.8 Å². The van der Waals surface area contributed by atoms with Gasteiger partial charge in [0.1, 0.15) is 12.1 Å². The van der Waals surface area contributed by atoms with Crippen LogP contribution in [0.2, 0.25) is 0 Å². The fraction of sp³-hybridized carbons (Fsp3) is 0.533. The number of hydrogen-bond acceptors (Lipinski definition) is 3. The second-order valence-electron chi connectivity index (χ2n) is 5.41. The first-order valence-corrected chi connectivity index (χ1v) is 7.18. The second kappa shape index (κ2) is 6.11. The molecule has 1 aromatic heterocycles.